The van der Waals surface area contributed by atoms with Gasteiger partial charge < -0.3 is 10.1 Å². The number of nitrogens with zero attached hydrogens (tertiary/aromatic N) is 1. The van der Waals surface area contributed by atoms with Gasteiger partial charge in [0.15, 0.2) is 0 Å². The maximum Gasteiger partial charge on any atom is 0.273 e. The zero-order valence-corrected chi connectivity index (χ0v) is 18.8. The van der Waals surface area contributed by atoms with Gasteiger partial charge in [-0.05, 0) is 72.7 Å². The van der Waals surface area contributed by atoms with Crippen LogP contribution in [0, 0.1) is 0 Å². The minimum Gasteiger partial charge on any atom is -0.494 e. The topological polar surface area (TPSA) is 75.7 Å². The average Bonchev–Trinajstić information content (AvgIpc) is 3.30. The normalized spacial score (nSPS) is 13.5. The van der Waals surface area contributed by atoms with Crippen molar-refractivity contribution >= 4 is 38.6 Å². The second-order valence-electron chi connectivity index (χ2n) is 7.26. The lowest BCUT2D eigenvalue weighted by Gasteiger charge is -2.30. The first-order valence-corrected chi connectivity index (χ1v) is 12.5. The van der Waals surface area contributed by atoms with Crippen LogP contribution >= 0.6 is 11.3 Å². The molecular weight excluding hydrogens is 432 g/mol. The van der Waals surface area contributed by atoms with Crippen LogP contribution in [0.1, 0.15) is 24.5 Å². The van der Waals surface area contributed by atoms with Crippen molar-refractivity contribution in [3.05, 3.63) is 71.1 Å². The molecule has 0 unspecified atom stereocenters. The Balaban J connectivity index is 1.47. The number of ether oxygens (including phenoxy) is 1. The van der Waals surface area contributed by atoms with Crippen LogP contribution in [0.5, 0.6) is 5.75 Å². The number of anilines is 2. The zero-order chi connectivity index (χ0) is 21.8. The minimum atomic E-state index is -3.56. The Labute approximate surface area is 186 Å². The van der Waals surface area contributed by atoms with Gasteiger partial charge >= 0.3 is 0 Å². The second-order valence-corrected chi connectivity index (χ2v) is 10.3. The van der Waals surface area contributed by atoms with Crippen LogP contribution in [0.4, 0.5) is 11.4 Å². The molecule has 0 saturated carbocycles. The van der Waals surface area contributed by atoms with Crippen LogP contribution in [-0.2, 0) is 27.7 Å². The van der Waals surface area contributed by atoms with Gasteiger partial charge in [-0.3, -0.25) is 9.10 Å². The Kier molecular flexibility index (Phi) is 6.29. The van der Waals surface area contributed by atoms with E-state index < -0.39 is 10.0 Å². The zero-order valence-electron chi connectivity index (χ0n) is 17.2. The largest absolute Gasteiger partial charge is 0.494 e. The fourth-order valence-corrected chi connectivity index (χ4v) is 6.32. The second kappa shape index (κ2) is 9.11. The molecule has 4 rings (SSSR count). The van der Waals surface area contributed by atoms with E-state index in [1.807, 2.05) is 37.3 Å². The molecule has 8 heteroatoms. The van der Waals surface area contributed by atoms with E-state index in [-0.39, 0.29) is 12.3 Å². The van der Waals surface area contributed by atoms with Crippen LogP contribution in [-0.4, -0.2) is 27.5 Å². The van der Waals surface area contributed by atoms with E-state index in [2.05, 4.69) is 5.32 Å². The van der Waals surface area contributed by atoms with Crippen LogP contribution in [0.15, 0.2) is 64.2 Å². The SMILES string of the molecule is CCOc1ccc(CC(=O)Nc2ccc3c(c2)CCCN3S(=O)(=O)c2cccs2)cc1. The first-order valence-electron chi connectivity index (χ1n) is 10.2. The molecule has 0 bridgehead atoms. The molecule has 1 N–H and O–H groups in total. The van der Waals surface area contributed by atoms with Crippen molar-refractivity contribution in [3.63, 3.8) is 0 Å². The summed E-state index contributed by atoms with van der Waals surface area (Å²) in [6.07, 6.45) is 1.76. The Morgan fingerprint density at radius 2 is 1.97 bits per heavy atom. The summed E-state index contributed by atoms with van der Waals surface area (Å²) < 4.78 is 33.2. The summed E-state index contributed by atoms with van der Waals surface area (Å²) >= 11 is 1.22. The van der Waals surface area contributed by atoms with E-state index in [4.69, 9.17) is 4.74 Å². The molecular formula is C23H24N2O4S2. The van der Waals surface area contributed by atoms with Crippen molar-refractivity contribution < 1.29 is 17.9 Å². The summed E-state index contributed by atoms with van der Waals surface area (Å²) in [5, 5.41) is 4.69. The van der Waals surface area contributed by atoms with Gasteiger partial charge in [-0.2, -0.15) is 0 Å². The number of carbonyl (C=O) groups is 1. The van der Waals surface area contributed by atoms with Crippen molar-refractivity contribution in [1.82, 2.24) is 0 Å². The van der Waals surface area contributed by atoms with Crippen LogP contribution in [0.3, 0.4) is 0 Å². The third kappa shape index (κ3) is 4.75. The van der Waals surface area contributed by atoms with Crippen molar-refractivity contribution in [3.8, 4) is 5.75 Å². The molecule has 0 fully saturated rings. The highest BCUT2D eigenvalue weighted by atomic mass is 32.2. The average molecular weight is 457 g/mol. The van der Waals surface area contributed by atoms with Crippen molar-refractivity contribution in [2.45, 2.75) is 30.4 Å². The molecule has 162 valence electrons. The Morgan fingerprint density at radius 1 is 1.16 bits per heavy atom. The Morgan fingerprint density at radius 3 is 2.68 bits per heavy atom. The summed E-state index contributed by atoms with van der Waals surface area (Å²) in [6.45, 7) is 2.98. The van der Waals surface area contributed by atoms with Crippen molar-refractivity contribution in [2.24, 2.45) is 0 Å². The van der Waals surface area contributed by atoms with Crippen LogP contribution in [0.25, 0.3) is 0 Å². The summed E-state index contributed by atoms with van der Waals surface area (Å²) in [5.74, 6) is 0.659. The van der Waals surface area contributed by atoms with Gasteiger partial charge in [-0.25, -0.2) is 8.42 Å². The summed E-state index contributed by atoms with van der Waals surface area (Å²) in [6, 6.07) is 16.3. The van der Waals surface area contributed by atoms with Crippen molar-refractivity contribution in [2.75, 3.05) is 22.8 Å². The van der Waals surface area contributed by atoms with E-state index in [9.17, 15) is 13.2 Å². The maximum atomic E-state index is 13.0. The van der Waals surface area contributed by atoms with Gasteiger partial charge in [0.2, 0.25) is 5.91 Å². The minimum absolute atomic E-state index is 0.122. The molecule has 0 radical (unpaired) electrons. The van der Waals surface area contributed by atoms with Gasteiger partial charge in [0, 0.05) is 12.2 Å². The number of aryl methyl sites for hydroxylation is 1. The number of thiophene rings is 1. The van der Waals surface area contributed by atoms with Gasteiger partial charge in [0.05, 0.1) is 18.7 Å². The highest BCUT2D eigenvalue weighted by molar-refractivity contribution is 7.94. The van der Waals surface area contributed by atoms with Crippen LogP contribution < -0.4 is 14.4 Å². The van der Waals surface area contributed by atoms with E-state index in [0.717, 1.165) is 29.7 Å². The van der Waals surface area contributed by atoms with E-state index in [0.29, 0.717) is 28.7 Å². The number of nitrogens with one attached hydrogen (secondary N) is 1. The molecule has 0 saturated heterocycles. The quantitative estimate of drug-likeness (QED) is 0.569. The van der Waals surface area contributed by atoms with Gasteiger partial charge in [-0.1, -0.05) is 18.2 Å². The summed E-state index contributed by atoms with van der Waals surface area (Å²) in [7, 11) is -3.56. The number of sulfonamides is 1. The predicted molar refractivity (Wildman–Crippen MR) is 124 cm³/mol. The Hall–Kier alpha value is -2.84. The number of hydrogen-bond acceptors (Lipinski definition) is 5. The molecule has 0 aliphatic carbocycles. The number of amides is 1. The molecule has 1 aromatic heterocycles. The van der Waals surface area contributed by atoms with Gasteiger partial charge in [0.25, 0.3) is 10.0 Å². The first-order chi connectivity index (χ1) is 15.0. The molecule has 0 atom stereocenters. The first kappa shape index (κ1) is 21.4. The molecule has 1 aliphatic rings. The van der Waals surface area contributed by atoms with E-state index >= 15 is 0 Å². The highest BCUT2D eigenvalue weighted by Gasteiger charge is 2.29. The van der Waals surface area contributed by atoms with Crippen molar-refractivity contribution in [1.29, 1.82) is 0 Å². The lowest BCUT2D eigenvalue weighted by Crippen LogP contribution is -2.35. The lowest BCUT2D eigenvalue weighted by molar-refractivity contribution is -0.115. The van der Waals surface area contributed by atoms with Crippen LogP contribution in [0.2, 0.25) is 0 Å². The molecule has 1 aliphatic heterocycles. The molecule has 0 spiro atoms. The monoisotopic (exact) mass is 456 g/mol. The highest BCUT2D eigenvalue weighted by Crippen LogP contribution is 2.34. The van der Waals surface area contributed by atoms with Gasteiger partial charge in [-0.15, -0.1) is 11.3 Å². The standard InChI is InChI=1S/C23H24N2O4S2/c1-2-29-20-10-7-17(8-11-20)15-22(26)24-19-9-12-21-18(16-19)5-3-13-25(21)31(27,28)23-6-4-14-30-23/h4,6-12,14,16H,2-3,5,13,15H2,1H3,(H,24,26). The number of hydrogen-bond donors (Lipinski definition) is 1. The molecule has 2 heterocycles. The Bertz CT molecular complexity index is 1160. The molecule has 3 aromatic rings. The number of fused-ring (bicyclic) bond motifs is 1. The third-order valence-electron chi connectivity index (χ3n) is 5.08. The maximum absolute atomic E-state index is 13.0. The summed E-state index contributed by atoms with van der Waals surface area (Å²) in [5.41, 5.74) is 3.17. The number of rotatable bonds is 7. The fraction of sp³-hybridized carbons (Fsp3) is 0.261. The number of carbonyl (C=O) groups excluding carboxylic acids is 1. The molecule has 2 aromatic carbocycles. The fourth-order valence-electron chi connectivity index (χ4n) is 3.67. The molecule has 1 amide bonds. The van der Waals surface area contributed by atoms with E-state index in [1.54, 1.807) is 29.6 Å². The number of benzene rings is 2. The predicted octanol–water partition coefficient (Wildman–Crippen LogP) is 4.47. The third-order valence-corrected chi connectivity index (χ3v) is 8.26. The molecule has 31 heavy (non-hydrogen) atoms. The van der Waals surface area contributed by atoms with E-state index in [1.165, 1.54) is 15.6 Å². The van der Waals surface area contributed by atoms with Gasteiger partial charge in [0.1, 0.15) is 9.96 Å². The summed E-state index contributed by atoms with van der Waals surface area (Å²) in [4.78, 5) is 12.5. The molecule has 6 nitrogen and oxygen atoms in total. The lowest BCUT2D eigenvalue weighted by atomic mass is 10.0. The smallest absolute Gasteiger partial charge is 0.273 e.